The van der Waals surface area contributed by atoms with Crippen molar-refractivity contribution in [3.63, 3.8) is 0 Å². The number of nitrogens with one attached hydrogen (secondary N) is 1. The van der Waals surface area contributed by atoms with E-state index in [9.17, 15) is 13.2 Å². The van der Waals surface area contributed by atoms with Gasteiger partial charge in [0.1, 0.15) is 0 Å². The molecule has 0 saturated heterocycles. The summed E-state index contributed by atoms with van der Waals surface area (Å²) in [4.78, 5) is 0. The van der Waals surface area contributed by atoms with E-state index in [1.165, 1.54) is 20.3 Å². The van der Waals surface area contributed by atoms with Crippen molar-refractivity contribution in [1.29, 1.82) is 0 Å². The molecule has 1 unspecified atom stereocenters. The van der Waals surface area contributed by atoms with E-state index in [-0.39, 0.29) is 6.04 Å². The van der Waals surface area contributed by atoms with Crippen LogP contribution in [0.5, 0.6) is 0 Å². The summed E-state index contributed by atoms with van der Waals surface area (Å²) >= 11 is 3.21. The topological polar surface area (TPSA) is 30.5 Å². The first-order valence-corrected chi connectivity index (χ1v) is 6.27. The Morgan fingerprint density at radius 1 is 1.21 bits per heavy atom. The van der Waals surface area contributed by atoms with Crippen LogP contribution in [0.2, 0.25) is 0 Å². The lowest BCUT2D eigenvalue weighted by molar-refractivity contribution is -0.137. The van der Waals surface area contributed by atoms with Crippen LogP contribution in [0, 0.1) is 0 Å². The Bertz CT molecular complexity index is 422. The maximum atomic E-state index is 12.6. The Balaban J connectivity index is 2.94. The summed E-state index contributed by atoms with van der Waals surface area (Å²) in [6.07, 6.45) is -4.93. The van der Waals surface area contributed by atoms with Crippen molar-refractivity contribution in [2.24, 2.45) is 0 Å². The molecule has 1 N–H and O–H groups in total. The fourth-order valence-electron chi connectivity index (χ4n) is 1.63. The second kappa shape index (κ2) is 6.58. The predicted molar refractivity (Wildman–Crippen MR) is 70.0 cm³/mol. The van der Waals surface area contributed by atoms with Gasteiger partial charge in [0.15, 0.2) is 6.29 Å². The highest BCUT2D eigenvalue weighted by Gasteiger charge is 2.31. The number of anilines is 1. The van der Waals surface area contributed by atoms with Gasteiger partial charge in [0, 0.05) is 24.4 Å². The number of rotatable bonds is 5. The minimum absolute atomic E-state index is 0.310. The number of hydrogen-bond acceptors (Lipinski definition) is 3. The van der Waals surface area contributed by atoms with Crippen LogP contribution >= 0.6 is 15.9 Å². The van der Waals surface area contributed by atoms with Gasteiger partial charge in [-0.15, -0.1) is 0 Å². The van der Waals surface area contributed by atoms with Crippen LogP contribution < -0.4 is 5.32 Å². The maximum Gasteiger partial charge on any atom is 0.416 e. The summed E-state index contributed by atoms with van der Waals surface area (Å²) < 4.78 is 48.5. The van der Waals surface area contributed by atoms with Gasteiger partial charge in [0.2, 0.25) is 0 Å². The lowest BCUT2D eigenvalue weighted by Gasteiger charge is -2.24. The van der Waals surface area contributed by atoms with Gasteiger partial charge >= 0.3 is 6.18 Å². The first-order chi connectivity index (χ1) is 8.79. The first kappa shape index (κ1) is 16.3. The van der Waals surface area contributed by atoms with E-state index in [4.69, 9.17) is 9.47 Å². The van der Waals surface area contributed by atoms with E-state index in [0.29, 0.717) is 10.2 Å². The molecule has 1 aromatic rings. The third-order valence-electron chi connectivity index (χ3n) is 2.55. The molecule has 1 rings (SSSR count). The van der Waals surface area contributed by atoms with Gasteiger partial charge in [0.05, 0.1) is 11.6 Å². The largest absolute Gasteiger partial charge is 0.416 e. The second-order valence-electron chi connectivity index (χ2n) is 3.97. The number of benzene rings is 1. The Morgan fingerprint density at radius 3 is 2.26 bits per heavy atom. The van der Waals surface area contributed by atoms with Crippen molar-refractivity contribution in [2.75, 3.05) is 19.5 Å². The average Bonchev–Trinajstić information content (AvgIpc) is 2.32. The lowest BCUT2D eigenvalue weighted by atomic mass is 10.2. The van der Waals surface area contributed by atoms with Gasteiger partial charge in [-0.05, 0) is 41.1 Å². The van der Waals surface area contributed by atoms with Crippen LogP contribution in [0.15, 0.2) is 22.7 Å². The number of halogens is 4. The summed E-state index contributed by atoms with van der Waals surface area (Å²) in [7, 11) is 2.93. The zero-order chi connectivity index (χ0) is 14.6. The molecule has 3 nitrogen and oxygen atoms in total. The fraction of sp³-hybridized carbons (Fsp3) is 0.500. The molecule has 0 bridgehead atoms. The molecule has 0 aliphatic rings. The van der Waals surface area contributed by atoms with Crippen LogP contribution in [0.1, 0.15) is 12.5 Å². The Kier molecular flexibility index (Phi) is 5.64. The van der Waals surface area contributed by atoms with E-state index >= 15 is 0 Å². The molecule has 1 atom stereocenters. The van der Waals surface area contributed by atoms with E-state index in [0.717, 1.165) is 12.1 Å². The molecule has 0 amide bonds. The van der Waals surface area contributed by atoms with Gasteiger partial charge < -0.3 is 14.8 Å². The number of alkyl halides is 3. The monoisotopic (exact) mass is 341 g/mol. The highest BCUT2D eigenvalue weighted by Crippen LogP contribution is 2.34. The Labute approximate surface area is 118 Å². The molecule has 0 aromatic heterocycles. The van der Waals surface area contributed by atoms with Crippen molar-refractivity contribution in [3.8, 4) is 0 Å². The van der Waals surface area contributed by atoms with Crippen molar-refractivity contribution in [3.05, 3.63) is 28.2 Å². The molecule has 0 saturated carbocycles. The van der Waals surface area contributed by atoms with Crippen LogP contribution in [0.4, 0.5) is 18.9 Å². The third kappa shape index (κ3) is 4.36. The van der Waals surface area contributed by atoms with Crippen molar-refractivity contribution >= 4 is 21.6 Å². The molecule has 0 aliphatic heterocycles. The van der Waals surface area contributed by atoms with Crippen LogP contribution in [0.3, 0.4) is 0 Å². The Morgan fingerprint density at radius 2 is 1.79 bits per heavy atom. The van der Waals surface area contributed by atoms with Gasteiger partial charge in [-0.1, -0.05) is 0 Å². The van der Waals surface area contributed by atoms with Crippen LogP contribution in [-0.2, 0) is 15.7 Å². The van der Waals surface area contributed by atoms with E-state index in [2.05, 4.69) is 21.2 Å². The van der Waals surface area contributed by atoms with E-state index < -0.39 is 18.0 Å². The smallest absolute Gasteiger partial charge is 0.377 e. The fourth-order valence-corrected chi connectivity index (χ4v) is 1.99. The molecule has 1 aromatic carbocycles. The highest BCUT2D eigenvalue weighted by atomic mass is 79.9. The van der Waals surface area contributed by atoms with Crippen LogP contribution in [-0.4, -0.2) is 26.6 Å². The zero-order valence-corrected chi connectivity index (χ0v) is 12.3. The Hall–Kier alpha value is -0.790. The van der Waals surface area contributed by atoms with Gasteiger partial charge in [-0.2, -0.15) is 13.2 Å². The van der Waals surface area contributed by atoms with Gasteiger partial charge in [-0.3, -0.25) is 0 Å². The molecule has 0 aliphatic carbocycles. The zero-order valence-electron chi connectivity index (χ0n) is 10.7. The molecular formula is C12H15BrF3NO2. The SMILES string of the molecule is COC(OC)C(C)Nc1cc(C(F)(F)F)ccc1Br. The standard InChI is InChI=1S/C12H15BrF3NO2/c1-7(11(18-2)19-3)17-10-6-8(12(14,15)16)4-5-9(10)13/h4-7,11,17H,1-3H3. The number of hydrogen-bond donors (Lipinski definition) is 1. The second-order valence-corrected chi connectivity index (χ2v) is 4.82. The average molecular weight is 342 g/mol. The minimum atomic E-state index is -4.37. The quantitative estimate of drug-likeness (QED) is 0.824. The first-order valence-electron chi connectivity index (χ1n) is 5.48. The van der Waals surface area contributed by atoms with Crippen molar-refractivity contribution < 1.29 is 22.6 Å². The summed E-state index contributed by atoms with van der Waals surface area (Å²) in [5.74, 6) is 0. The molecule has 19 heavy (non-hydrogen) atoms. The maximum absolute atomic E-state index is 12.6. The van der Waals surface area contributed by atoms with Gasteiger partial charge in [0.25, 0.3) is 0 Å². The molecule has 0 heterocycles. The molecule has 0 radical (unpaired) electrons. The molecule has 0 fully saturated rings. The van der Waals surface area contributed by atoms with E-state index in [1.807, 2.05) is 0 Å². The predicted octanol–water partition coefficient (Wildman–Crippen LogP) is 3.89. The number of methoxy groups -OCH3 is 2. The lowest BCUT2D eigenvalue weighted by Crippen LogP contribution is -2.33. The summed E-state index contributed by atoms with van der Waals surface area (Å²) in [6, 6.07) is 3.11. The molecular weight excluding hydrogens is 327 g/mol. The molecule has 7 heteroatoms. The van der Waals surface area contributed by atoms with Crippen LogP contribution in [0.25, 0.3) is 0 Å². The van der Waals surface area contributed by atoms with Crippen molar-refractivity contribution in [1.82, 2.24) is 0 Å². The minimum Gasteiger partial charge on any atom is -0.377 e. The molecule has 108 valence electrons. The normalized spacial score (nSPS) is 13.7. The number of ether oxygens (including phenoxy) is 2. The summed E-state index contributed by atoms with van der Waals surface area (Å²) in [5, 5.41) is 2.93. The summed E-state index contributed by atoms with van der Waals surface area (Å²) in [5.41, 5.74) is -0.377. The van der Waals surface area contributed by atoms with Gasteiger partial charge in [-0.25, -0.2) is 0 Å². The third-order valence-corrected chi connectivity index (χ3v) is 3.24. The highest BCUT2D eigenvalue weighted by molar-refractivity contribution is 9.10. The van der Waals surface area contributed by atoms with Crippen molar-refractivity contribution in [2.45, 2.75) is 25.4 Å². The van der Waals surface area contributed by atoms with E-state index in [1.54, 1.807) is 6.92 Å². The molecule has 0 spiro atoms. The summed E-state index contributed by atoms with van der Waals surface area (Å²) in [6.45, 7) is 1.75.